The average Bonchev–Trinajstić information content (AvgIpc) is 1.90. The first-order valence-electron chi connectivity index (χ1n) is 4.07. The van der Waals surface area contributed by atoms with Gasteiger partial charge in [-0.05, 0) is 26.1 Å². The second-order valence-electron chi connectivity index (χ2n) is 2.60. The number of hydrogen-bond donors (Lipinski definition) is 0. The van der Waals surface area contributed by atoms with Crippen LogP contribution in [0.25, 0.3) is 0 Å². The van der Waals surface area contributed by atoms with Gasteiger partial charge in [-0.15, -0.1) is 0 Å². The molecule has 0 heterocycles. The lowest BCUT2D eigenvalue weighted by molar-refractivity contribution is 0.301. The molecule has 1 atom stereocenters. The summed E-state index contributed by atoms with van der Waals surface area (Å²) in [6.07, 6.45) is 1.32. The van der Waals surface area contributed by atoms with E-state index in [0.717, 1.165) is 3.92 Å². The monoisotopic (exact) mass is 255 g/mol. The third-order valence-electron chi connectivity index (χ3n) is 1.74. The molecule has 0 aromatic rings. The molecule has 0 rings (SSSR count). The molecule has 0 aromatic carbocycles. The third-order valence-corrected chi connectivity index (χ3v) is 2.36. The highest BCUT2D eigenvalue weighted by Crippen LogP contribution is 2.04. The van der Waals surface area contributed by atoms with Crippen LogP contribution in [0.2, 0.25) is 0 Å². The van der Waals surface area contributed by atoms with Crippen LogP contribution in [0.5, 0.6) is 0 Å². The van der Waals surface area contributed by atoms with E-state index in [2.05, 4.69) is 48.3 Å². The molecule has 2 heteroatoms. The maximum absolute atomic E-state index is 2.48. The van der Waals surface area contributed by atoms with Crippen LogP contribution in [-0.2, 0) is 0 Å². The number of nitrogens with zero attached hydrogens (tertiary/aromatic N) is 1. The van der Waals surface area contributed by atoms with Crippen LogP contribution >= 0.6 is 22.6 Å². The Bertz CT molecular complexity index is 69.7. The standard InChI is InChI=1S/C8H18IN/c1-4-10(5-2)7-6-8(3)9/h8H,4-7H2,1-3H3. The molecular formula is C8H18IN. The number of alkyl halides is 1. The van der Waals surface area contributed by atoms with Gasteiger partial charge in [0.2, 0.25) is 0 Å². The summed E-state index contributed by atoms with van der Waals surface area (Å²) in [6, 6.07) is 0. The summed E-state index contributed by atoms with van der Waals surface area (Å²) >= 11 is 2.48. The van der Waals surface area contributed by atoms with Crippen molar-refractivity contribution in [1.29, 1.82) is 0 Å². The fraction of sp³-hybridized carbons (Fsp3) is 1.00. The molecule has 0 amide bonds. The average molecular weight is 255 g/mol. The van der Waals surface area contributed by atoms with E-state index < -0.39 is 0 Å². The molecule has 0 aliphatic rings. The van der Waals surface area contributed by atoms with Gasteiger partial charge < -0.3 is 4.90 Å². The van der Waals surface area contributed by atoms with Crippen LogP contribution in [0.4, 0.5) is 0 Å². The first kappa shape index (κ1) is 10.7. The van der Waals surface area contributed by atoms with Gasteiger partial charge in [0.1, 0.15) is 0 Å². The number of hydrogen-bond acceptors (Lipinski definition) is 1. The van der Waals surface area contributed by atoms with Gasteiger partial charge in [0.05, 0.1) is 0 Å². The topological polar surface area (TPSA) is 3.24 Å². The molecule has 1 unspecified atom stereocenters. The Balaban J connectivity index is 3.26. The van der Waals surface area contributed by atoms with E-state index in [0.29, 0.717) is 0 Å². The second-order valence-corrected chi connectivity index (χ2v) is 4.72. The van der Waals surface area contributed by atoms with Crippen LogP contribution in [-0.4, -0.2) is 28.5 Å². The zero-order valence-corrected chi connectivity index (χ0v) is 9.39. The smallest absolute Gasteiger partial charge is 0.00934 e. The lowest BCUT2D eigenvalue weighted by atomic mass is 10.3. The summed E-state index contributed by atoms with van der Waals surface area (Å²) in [7, 11) is 0. The van der Waals surface area contributed by atoms with Crippen molar-refractivity contribution in [2.75, 3.05) is 19.6 Å². The zero-order chi connectivity index (χ0) is 7.98. The van der Waals surface area contributed by atoms with Gasteiger partial charge in [-0.1, -0.05) is 43.4 Å². The van der Waals surface area contributed by atoms with Gasteiger partial charge >= 0.3 is 0 Å². The number of halogens is 1. The Morgan fingerprint density at radius 2 is 1.80 bits per heavy atom. The van der Waals surface area contributed by atoms with Gasteiger partial charge in [-0.25, -0.2) is 0 Å². The van der Waals surface area contributed by atoms with Gasteiger partial charge in [0.25, 0.3) is 0 Å². The zero-order valence-electron chi connectivity index (χ0n) is 7.23. The fourth-order valence-corrected chi connectivity index (χ4v) is 1.18. The van der Waals surface area contributed by atoms with Crippen molar-refractivity contribution in [2.45, 2.75) is 31.1 Å². The second kappa shape index (κ2) is 6.40. The predicted molar refractivity (Wildman–Crippen MR) is 55.9 cm³/mol. The summed E-state index contributed by atoms with van der Waals surface area (Å²) in [5.41, 5.74) is 0. The summed E-state index contributed by atoms with van der Waals surface area (Å²) in [5, 5.41) is 0. The first-order chi connectivity index (χ1) is 4.70. The maximum Gasteiger partial charge on any atom is 0.00934 e. The van der Waals surface area contributed by atoms with Crippen LogP contribution in [0, 0.1) is 0 Å². The molecule has 0 aromatic heterocycles. The molecule has 1 nitrogen and oxygen atoms in total. The molecule has 0 N–H and O–H groups in total. The fourth-order valence-electron chi connectivity index (χ4n) is 0.900. The van der Waals surface area contributed by atoms with Gasteiger partial charge in [-0.3, -0.25) is 0 Å². The van der Waals surface area contributed by atoms with Crippen molar-refractivity contribution in [2.24, 2.45) is 0 Å². The van der Waals surface area contributed by atoms with Crippen LogP contribution in [0.3, 0.4) is 0 Å². The van der Waals surface area contributed by atoms with Crippen LogP contribution in [0.15, 0.2) is 0 Å². The first-order valence-corrected chi connectivity index (χ1v) is 5.31. The molecule has 0 bridgehead atoms. The highest BCUT2D eigenvalue weighted by Gasteiger charge is 2.00. The summed E-state index contributed by atoms with van der Waals surface area (Å²) < 4.78 is 0.818. The Morgan fingerprint density at radius 1 is 1.30 bits per heavy atom. The van der Waals surface area contributed by atoms with E-state index in [9.17, 15) is 0 Å². The normalized spacial score (nSPS) is 14.1. The maximum atomic E-state index is 2.48. The Kier molecular flexibility index (Phi) is 6.85. The molecule has 0 aliphatic heterocycles. The highest BCUT2D eigenvalue weighted by atomic mass is 127. The predicted octanol–water partition coefficient (Wildman–Crippen LogP) is 2.54. The van der Waals surface area contributed by atoms with E-state index in [4.69, 9.17) is 0 Å². The molecular weight excluding hydrogens is 237 g/mol. The highest BCUT2D eigenvalue weighted by molar-refractivity contribution is 14.1. The summed E-state index contributed by atoms with van der Waals surface area (Å²) in [5.74, 6) is 0. The molecule has 10 heavy (non-hydrogen) atoms. The lowest BCUT2D eigenvalue weighted by Crippen LogP contribution is -2.25. The van der Waals surface area contributed by atoms with Crippen molar-refractivity contribution in [1.82, 2.24) is 4.90 Å². The van der Waals surface area contributed by atoms with Crippen molar-refractivity contribution >= 4 is 22.6 Å². The van der Waals surface area contributed by atoms with E-state index in [-0.39, 0.29) is 0 Å². The van der Waals surface area contributed by atoms with E-state index in [1.807, 2.05) is 0 Å². The minimum absolute atomic E-state index is 0.818. The van der Waals surface area contributed by atoms with Crippen molar-refractivity contribution in [3.05, 3.63) is 0 Å². The van der Waals surface area contributed by atoms with Gasteiger partial charge in [-0.2, -0.15) is 0 Å². The minimum atomic E-state index is 0.818. The largest absolute Gasteiger partial charge is 0.304 e. The number of rotatable bonds is 5. The molecule has 0 radical (unpaired) electrons. The summed E-state index contributed by atoms with van der Waals surface area (Å²) in [6.45, 7) is 10.4. The molecule has 0 fully saturated rings. The molecule has 0 saturated carbocycles. The molecule has 0 aliphatic carbocycles. The Morgan fingerprint density at radius 3 is 2.10 bits per heavy atom. The van der Waals surface area contributed by atoms with Crippen LogP contribution in [0.1, 0.15) is 27.2 Å². The van der Waals surface area contributed by atoms with Crippen molar-refractivity contribution < 1.29 is 0 Å². The summed E-state index contributed by atoms with van der Waals surface area (Å²) in [4.78, 5) is 2.47. The van der Waals surface area contributed by atoms with Crippen molar-refractivity contribution in [3.63, 3.8) is 0 Å². The molecule has 62 valence electrons. The quantitative estimate of drug-likeness (QED) is 0.539. The van der Waals surface area contributed by atoms with E-state index in [1.54, 1.807) is 0 Å². The lowest BCUT2D eigenvalue weighted by Gasteiger charge is -2.18. The van der Waals surface area contributed by atoms with E-state index in [1.165, 1.54) is 26.1 Å². The van der Waals surface area contributed by atoms with E-state index >= 15 is 0 Å². The van der Waals surface area contributed by atoms with Crippen molar-refractivity contribution in [3.8, 4) is 0 Å². The Hall–Kier alpha value is 0.690. The molecule has 0 saturated heterocycles. The third kappa shape index (κ3) is 5.47. The van der Waals surface area contributed by atoms with Crippen LogP contribution < -0.4 is 0 Å². The SMILES string of the molecule is CCN(CC)CCC(C)I. The minimum Gasteiger partial charge on any atom is -0.304 e. The Labute approximate surface area is 78.3 Å². The molecule has 0 spiro atoms. The van der Waals surface area contributed by atoms with Gasteiger partial charge in [0.15, 0.2) is 0 Å². The van der Waals surface area contributed by atoms with Gasteiger partial charge in [0, 0.05) is 3.92 Å².